The van der Waals surface area contributed by atoms with E-state index in [-0.39, 0.29) is 5.92 Å². The smallest absolute Gasteiger partial charge is 0.282 e. The van der Waals surface area contributed by atoms with Gasteiger partial charge in [0.25, 0.3) is 11.2 Å². The monoisotopic (exact) mass is 268 g/mol. The number of hydrogen-bond donors (Lipinski definition) is 1. The second-order valence-corrected chi connectivity index (χ2v) is 5.09. The van der Waals surface area contributed by atoms with Gasteiger partial charge >= 0.3 is 0 Å². The Labute approximate surface area is 109 Å². The summed E-state index contributed by atoms with van der Waals surface area (Å²) in [5.74, 6) is -0.355. The van der Waals surface area contributed by atoms with Gasteiger partial charge in [-0.05, 0) is 18.9 Å². The Morgan fingerprint density at radius 3 is 2.37 bits per heavy atom. The molecule has 0 saturated heterocycles. The van der Waals surface area contributed by atoms with Crippen LogP contribution in [0, 0.1) is 26.1 Å². The first-order valence-corrected chi connectivity index (χ1v) is 6.36. The molecule has 2 atom stereocenters. The van der Waals surface area contributed by atoms with Crippen LogP contribution in [-0.2, 0) is 0 Å². The molecule has 1 fully saturated rings. The SMILES string of the molecule is O=[N+]([O-])C1=CC=CC(C2CCCCC2)([N+](=O)[O-])C1O. The second kappa shape index (κ2) is 5.08. The molecule has 2 unspecified atom stereocenters. The molecule has 7 nitrogen and oxygen atoms in total. The Hall–Kier alpha value is -1.76. The average molecular weight is 268 g/mol. The van der Waals surface area contributed by atoms with Crippen LogP contribution in [0.5, 0.6) is 0 Å². The lowest BCUT2D eigenvalue weighted by Crippen LogP contribution is -2.56. The molecular weight excluding hydrogens is 252 g/mol. The summed E-state index contributed by atoms with van der Waals surface area (Å²) in [5, 5.41) is 32.5. The average Bonchev–Trinajstić information content (AvgIpc) is 2.39. The van der Waals surface area contributed by atoms with E-state index in [1.54, 1.807) is 0 Å². The maximum atomic E-state index is 11.5. The van der Waals surface area contributed by atoms with E-state index in [2.05, 4.69) is 0 Å². The summed E-state index contributed by atoms with van der Waals surface area (Å²) in [6, 6.07) is 0. The van der Waals surface area contributed by atoms with Crippen molar-refractivity contribution in [2.75, 3.05) is 0 Å². The third kappa shape index (κ3) is 2.14. The number of aliphatic hydroxyl groups is 1. The standard InChI is InChI=1S/C12H16N2O5/c15-11-10(13(16)17)7-4-8-12(11,14(18)19)9-5-2-1-3-6-9/h4,7-9,11,15H,1-3,5-6H2. The largest absolute Gasteiger partial charge is 0.376 e. The number of aliphatic hydroxyl groups excluding tert-OH is 1. The molecule has 0 amide bonds. The number of nitrogens with zero attached hydrogens (tertiary/aromatic N) is 2. The van der Waals surface area contributed by atoms with Gasteiger partial charge in [-0.1, -0.05) is 25.3 Å². The molecule has 0 spiro atoms. The number of allylic oxidation sites excluding steroid dienone is 2. The van der Waals surface area contributed by atoms with Crippen molar-refractivity contribution in [1.82, 2.24) is 0 Å². The van der Waals surface area contributed by atoms with Gasteiger partial charge in [0.15, 0.2) is 0 Å². The van der Waals surface area contributed by atoms with Crippen LogP contribution in [0.4, 0.5) is 0 Å². The van der Waals surface area contributed by atoms with Crippen molar-refractivity contribution in [2.24, 2.45) is 5.92 Å². The number of hydrogen-bond acceptors (Lipinski definition) is 5. The van der Waals surface area contributed by atoms with Crippen molar-refractivity contribution in [3.63, 3.8) is 0 Å². The van der Waals surface area contributed by atoms with E-state index in [0.29, 0.717) is 12.8 Å². The molecule has 2 aliphatic carbocycles. The van der Waals surface area contributed by atoms with Gasteiger partial charge in [0.05, 0.1) is 4.92 Å². The van der Waals surface area contributed by atoms with E-state index < -0.39 is 27.2 Å². The van der Waals surface area contributed by atoms with Crippen molar-refractivity contribution in [3.8, 4) is 0 Å². The molecule has 0 radical (unpaired) electrons. The zero-order valence-electron chi connectivity index (χ0n) is 10.4. The molecule has 0 heterocycles. The van der Waals surface area contributed by atoms with Crippen molar-refractivity contribution < 1.29 is 15.0 Å². The fourth-order valence-corrected chi connectivity index (χ4v) is 3.11. The van der Waals surface area contributed by atoms with Crippen LogP contribution in [-0.4, -0.2) is 26.6 Å². The normalized spacial score (nSPS) is 31.8. The molecule has 104 valence electrons. The third-order valence-corrected chi connectivity index (χ3v) is 4.13. The minimum absolute atomic E-state index is 0.355. The predicted molar refractivity (Wildman–Crippen MR) is 66.5 cm³/mol. The van der Waals surface area contributed by atoms with Crippen LogP contribution in [0.1, 0.15) is 32.1 Å². The maximum Gasteiger partial charge on any atom is 0.282 e. The highest BCUT2D eigenvalue weighted by molar-refractivity contribution is 5.28. The summed E-state index contributed by atoms with van der Waals surface area (Å²) >= 11 is 0. The summed E-state index contributed by atoms with van der Waals surface area (Å²) in [5.41, 5.74) is -2.25. The fraction of sp³-hybridized carbons (Fsp3) is 0.667. The first kappa shape index (κ1) is 13.7. The van der Waals surface area contributed by atoms with Gasteiger partial charge in [-0.2, -0.15) is 0 Å². The lowest BCUT2D eigenvalue weighted by atomic mass is 9.70. The molecule has 2 rings (SSSR count). The zero-order chi connectivity index (χ0) is 14.0. The van der Waals surface area contributed by atoms with E-state index in [1.165, 1.54) is 12.2 Å². The van der Waals surface area contributed by atoms with Crippen molar-refractivity contribution >= 4 is 0 Å². The van der Waals surface area contributed by atoms with Gasteiger partial charge in [0, 0.05) is 16.9 Å². The molecule has 0 aliphatic heterocycles. The fourth-order valence-electron chi connectivity index (χ4n) is 3.11. The Balaban J connectivity index is 2.40. The Morgan fingerprint density at radius 1 is 1.21 bits per heavy atom. The molecule has 0 aromatic carbocycles. The molecule has 0 aromatic rings. The predicted octanol–water partition coefficient (Wildman–Crippen LogP) is 1.67. The van der Waals surface area contributed by atoms with Gasteiger partial charge in [-0.3, -0.25) is 20.2 Å². The molecule has 2 aliphatic rings. The Kier molecular flexibility index (Phi) is 3.66. The first-order valence-electron chi connectivity index (χ1n) is 6.36. The number of rotatable bonds is 3. The van der Waals surface area contributed by atoms with Crippen LogP contribution < -0.4 is 0 Å². The van der Waals surface area contributed by atoms with E-state index in [0.717, 1.165) is 25.3 Å². The molecule has 0 aromatic heterocycles. The number of nitro groups is 2. The summed E-state index contributed by atoms with van der Waals surface area (Å²) < 4.78 is 0. The van der Waals surface area contributed by atoms with Crippen molar-refractivity contribution in [2.45, 2.75) is 43.7 Å². The highest BCUT2D eigenvalue weighted by Gasteiger charge is 2.59. The Morgan fingerprint density at radius 2 is 1.84 bits per heavy atom. The van der Waals surface area contributed by atoms with Gasteiger partial charge in [-0.25, -0.2) is 0 Å². The zero-order valence-corrected chi connectivity index (χ0v) is 10.4. The van der Waals surface area contributed by atoms with E-state index >= 15 is 0 Å². The molecule has 0 bridgehead atoms. The maximum absolute atomic E-state index is 11.5. The van der Waals surface area contributed by atoms with Crippen LogP contribution in [0.25, 0.3) is 0 Å². The van der Waals surface area contributed by atoms with Crippen LogP contribution in [0.2, 0.25) is 0 Å². The highest BCUT2D eigenvalue weighted by atomic mass is 16.6. The van der Waals surface area contributed by atoms with E-state index in [9.17, 15) is 25.3 Å². The van der Waals surface area contributed by atoms with Crippen LogP contribution in [0.15, 0.2) is 23.9 Å². The van der Waals surface area contributed by atoms with Crippen LogP contribution in [0.3, 0.4) is 0 Å². The molecule has 1 N–H and O–H groups in total. The summed E-state index contributed by atoms with van der Waals surface area (Å²) in [4.78, 5) is 21.1. The van der Waals surface area contributed by atoms with Gasteiger partial charge in [0.2, 0.25) is 6.10 Å². The third-order valence-electron chi connectivity index (χ3n) is 4.13. The van der Waals surface area contributed by atoms with Crippen molar-refractivity contribution in [3.05, 3.63) is 44.2 Å². The van der Waals surface area contributed by atoms with E-state index in [1.807, 2.05) is 0 Å². The summed E-state index contributed by atoms with van der Waals surface area (Å²) in [6.45, 7) is 0. The quantitative estimate of drug-likeness (QED) is 0.619. The molecular formula is C12H16N2O5. The second-order valence-electron chi connectivity index (χ2n) is 5.09. The Bertz CT molecular complexity index is 453. The van der Waals surface area contributed by atoms with Gasteiger partial charge < -0.3 is 5.11 Å². The summed E-state index contributed by atoms with van der Waals surface area (Å²) in [7, 11) is 0. The van der Waals surface area contributed by atoms with Crippen molar-refractivity contribution in [1.29, 1.82) is 0 Å². The van der Waals surface area contributed by atoms with Crippen LogP contribution >= 0.6 is 0 Å². The molecule has 19 heavy (non-hydrogen) atoms. The van der Waals surface area contributed by atoms with Gasteiger partial charge in [0.1, 0.15) is 0 Å². The van der Waals surface area contributed by atoms with E-state index in [4.69, 9.17) is 0 Å². The molecule has 7 heteroatoms. The topological polar surface area (TPSA) is 107 Å². The first-order chi connectivity index (χ1) is 9.00. The minimum Gasteiger partial charge on any atom is -0.376 e. The van der Waals surface area contributed by atoms with Gasteiger partial charge in [-0.15, -0.1) is 0 Å². The lowest BCUT2D eigenvalue weighted by molar-refractivity contribution is -0.586. The highest BCUT2D eigenvalue weighted by Crippen LogP contribution is 2.41. The molecule has 1 saturated carbocycles. The summed E-state index contributed by atoms with van der Waals surface area (Å²) in [6.07, 6.45) is 6.06. The minimum atomic E-state index is -1.75. The lowest BCUT2D eigenvalue weighted by Gasteiger charge is -2.36.